The molecule has 60 heavy (non-hydrogen) atoms. The van der Waals surface area contributed by atoms with E-state index in [9.17, 15) is 0 Å². The molecule has 5 heteroatoms. The molecule has 0 fully saturated rings. The molecule has 0 saturated heterocycles. The smallest absolute Gasteiger partial charge is 0.266 e. The van der Waals surface area contributed by atoms with Crippen molar-refractivity contribution in [2.75, 3.05) is 9.80 Å². The molecule has 0 N–H and O–H groups in total. The van der Waals surface area contributed by atoms with Gasteiger partial charge in [-0.1, -0.05) is 141 Å². The average Bonchev–Trinajstić information content (AvgIpc) is 3.58. The van der Waals surface area contributed by atoms with Crippen molar-refractivity contribution >= 4 is 78.1 Å². The summed E-state index contributed by atoms with van der Waals surface area (Å²) < 4.78 is 2.74. The fraction of sp³-hybridized carbons (Fsp3) is 0.436. The lowest BCUT2D eigenvalue weighted by Gasteiger charge is -2.43. The van der Waals surface area contributed by atoms with Crippen LogP contribution < -0.4 is 25.5 Å². The number of aromatic nitrogens is 1. The number of hydrogen-bond donors (Lipinski definition) is 0. The Morgan fingerprint density at radius 1 is 0.567 bits per heavy atom. The Morgan fingerprint density at radius 3 is 1.68 bits per heavy atom. The molecule has 0 bridgehead atoms. The minimum absolute atomic E-state index is 0.0150. The monoisotopic (exact) mass is 812 g/mol. The predicted octanol–water partition coefficient (Wildman–Crippen LogP) is 13.8. The van der Waals surface area contributed by atoms with E-state index in [2.05, 4.69) is 206 Å². The molecule has 0 amide bonds. The number of aryl methyl sites for hydroxylation is 1. The largest absolute Gasteiger partial charge is 0.311 e. The van der Waals surface area contributed by atoms with E-state index in [1.165, 1.54) is 81.9 Å². The summed E-state index contributed by atoms with van der Waals surface area (Å²) in [6.45, 7) is 40.1. The number of thiophene rings is 1. The summed E-state index contributed by atoms with van der Waals surface area (Å²) in [5, 5.41) is 1.32. The van der Waals surface area contributed by atoms with Gasteiger partial charge in [-0.05, 0) is 139 Å². The lowest BCUT2D eigenvalue weighted by molar-refractivity contribution is 0.403. The molecule has 9 rings (SSSR count). The number of pyridine rings is 1. The molecule has 0 atom stereocenters. The second-order valence-corrected chi connectivity index (χ2v) is 25.0. The number of fused-ring (bicyclic) bond motifs is 7. The standard InChI is InChI=1S/C55H66BN3S/c1-32-24-44-46-49(57-32)59(37-21-18-33(19-22-37)50(2,3)4)47-39-28-34(51(5,6)7)20-23-45(39)60-48(47)56(46)42-29-40-41(55(16,17)31-54(40,14)15)30-43(42)58(44)38-26-35(52(8,9)10)25-36(27-38)53(11,12)13/h18-30H,31H2,1-17H3. The SMILES string of the molecule is Cc1cc2c3c(n1)N(c1ccc(C(C)(C)C)cc1)c1c(sc4ccc(C(C)(C)C)cc14)B3c1cc3c(cc1N2c1cc(C(C)(C)C)cc(C(C)(C)C)c1)C(C)(C)CC3(C)C. The van der Waals surface area contributed by atoms with Crippen LogP contribution in [0, 0.1) is 6.92 Å². The van der Waals surface area contributed by atoms with Crippen molar-refractivity contribution in [3.8, 4) is 0 Å². The van der Waals surface area contributed by atoms with E-state index >= 15 is 0 Å². The van der Waals surface area contributed by atoms with Gasteiger partial charge in [0.15, 0.2) is 0 Å². The Labute approximate surface area is 365 Å². The first-order chi connectivity index (χ1) is 27.6. The summed E-state index contributed by atoms with van der Waals surface area (Å²) in [5.41, 5.74) is 18.4. The zero-order valence-corrected chi connectivity index (χ0v) is 40.4. The highest BCUT2D eigenvalue weighted by Crippen LogP contribution is 2.54. The van der Waals surface area contributed by atoms with E-state index < -0.39 is 0 Å². The van der Waals surface area contributed by atoms with E-state index in [4.69, 9.17) is 4.98 Å². The molecule has 0 radical (unpaired) electrons. The zero-order chi connectivity index (χ0) is 43.4. The Kier molecular flexibility index (Phi) is 8.79. The average molecular weight is 812 g/mol. The van der Waals surface area contributed by atoms with Crippen molar-refractivity contribution in [3.05, 3.63) is 118 Å². The zero-order valence-electron chi connectivity index (χ0n) is 39.5. The number of benzene rings is 4. The first kappa shape index (κ1) is 41.0. The van der Waals surface area contributed by atoms with Gasteiger partial charge in [0.25, 0.3) is 6.71 Å². The van der Waals surface area contributed by atoms with Gasteiger partial charge in [0.05, 0.1) is 5.69 Å². The molecule has 0 unspecified atom stereocenters. The Balaban J connectivity index is 1.43. The van der Waals surface area contributed by atoms with Gasteiger partial charge in [0, 0.05) is 43.3 Å². The number of nitrogens with zero attached hydrogens (tertiary/aromatic N) is 3. The maximum Gasteiger partial charge on any atom is 0.266 e. The van der Waals surface area contributed by atoms with Gasteiger partial charge in [-0.2, -0.15) is 0 Å². The molecule has 3 aliphatic rings. The van der Waals surface area contributed by atoms with Crippen LogP contribution in [0.15, 0.2) is 78.9 Å². The van der Waals surface area contributed by atoms with Gasteiger partial charge in [0.2, 0.25) is 0 Å². The maximum absolute atomic E-state index is 5.63. The molecule has 3 nitrogen and oxygen atoms in total. The third kappa shape index (κ3) is 6.38. The van der Waals surface area contributed by atoms with Crippen molar-refractivity contribution in [3.63, 3.8) is 0 Å². The first-order valence-electron chi connectivity index (χ1n) is 22.3. The fourth-order valence-corrected chi connectivity index (χ4v) is 11.9. The molecule has 2 aliphatic heterocycles. The van der Waals surface area contributed by atoms with Gasteiger partial charge < -0.3 is 4.90 Å². The lowest BCUT2D eigenvalue weighted by atomic mass is 9.36. The second-order valence-electron chi connectivity index (χ2n) is 23.9. The van der Waals surface area contributed by atoms with Crippen LogP contribution in [-0.2, 0) is 32.5 Å². The molecular weight excluding hydrogens is 746 g/mol. The molecule has 1 aliphatic carbocycles. The molecule has 6 aromatic rings. The van der Waals surface area contributed by atoms with Gasteiger partial charge in [0.1, 0.15) is 5.82 Å². The van der Waals surface area contributed by atoms with Crippen LogP contribution >= 0.6 is 11.3 Å². The van der Waals surface area contributed by atoms with Crippen molar-refractivity contribution in [1.29, 1.82) is 0 Å². The van der Waals surface area contributed by atoms with Crippen molar-refractivity contribution in [2.24, 2.45) is 0 Å². The normalized spacial score (nSPS) is 16.9. The highest BCUT2D eigenvalue weighted by atomic mass is 32.1. The fourth-order valence-electron chi connectivity index (χ4n) is 10.6. The lowest BCUT2D eigenvalue weighted by Crippen LogP contribution is -2.61. The van der Waals surface area contributed by atoms with Gasteiger partial charge in [-0.15, -0.1) is 11.3 Å². The topological polar surface area (TPSA) is 19.4 Å². The summed E-state index contributed by atoms with van der Waals surface area (Å²) in [7, 11) is 0. The summed E-state index contributed by atoms with van der Waals surface area (Å²) in [6.07, 6.45) is 1.12. The van der Waals surface area contributed by atoms with E-state index in [1.54, 1.807) is 0 Å². The Hall–Kier alpha value is -4.35. The number of anilines is 6. The van der Waals surface area contributed by atoms with Crippen molar-refractivity contribution in [2.45, 2.75) is 157 Å². The Morgan fingerprint density at radius 2 is 1.12 bits per heavy atom. The van der Waals surface area contributed by atoms with E-state index in [1.807, 2.05) is 11.3 Å². The molecule has 0 saturated carbocycles. The molecule has 310 valence electrons. The number of rotatable bonds is 2. The minimum Gasteiger partial charge on any atom is -0.311 e. The number of hydrogen-bond acceptors (Lipinski definition) is 4. The highest BCUT2D eigenvalue weighted by Gasteiger charge is 2.50. The van der Waals surface area contributed by atoms with Crippen LogP contribution in [0.25, 0.3) is 10.1 Å². The van der Waals surface area contributed by atoms with E-state index in [0.717, 1.165) is 23.6 Å². The van der Waals surface area contributed by atoms with Crippen molar-refractivity contribution in [1.82, 2.24) is 4.98 Å². The van der Waals surface area contributed by atoms with Crippen LogP contribution in [0.4, 0.5) is 34.3 Å². The van der Waals surface area contributed by atoms with Crippen molar-refractivity contribution < 1.29 is 0 Å². The van der Waals surface area contributed by atoms with Crippen LogP contribution in [0.2, 0.25) is 0 Å². The highest BCUT2D eigenvalue weighted by molar-refractivity contribution is 7.33. The summed E-state index contributed by atoms with van der Waals surface area (Å²) in [6, 6.07) is 31.6. The minimum atomic E-state index is -0.0252. The van der Waals surface area contributed by atoms with E-state index in [0.29, 0.717) is 0 Å². The van der Waals surface area contributed by atoms with E-state index in [-0.39, 0.29) is 39.2 Å². The predicted molar refractivity (Wildman–Crippen MR) is 264 cm³/mol. The molecular formula is C55H66BN3S. The van der Waals surface area contributed by atoms with Crippen LogP contribution in [0.3, 0.4) is 0 Å². The third-order valence-corrected chi connectivity index (χ3v) is 15.1. The first-order valence-corrected chi connectivity index (χ1v) is 23.1. The summed E-state index contributed by atoms with van der Waals surface area (Å²) >= 11 is 1.99. The molecule has 0 spiro atoms. The van der Waals surface area contributed by atoms with Crippen LogP contribution in [0.5, 0.6) is 0 Å². The van der Waals surface area contributed by atoms with Crippen LogP contribution in [-0.4, -0.2) is 11.7 Å². The second kappa shape index (κ2) is 12.9. The van der Waals surface area contributed by atoms with Gasteiger partial charge in [-0.25, -0.2) is 4.98 Å². The Bertz CT molecular complexity index is 2710. The molecule has 4 heterocycles. The molecule has 2 aromatic heterocycles. The summed E-state index contributed by atoms with van der Waals surface area (Å²) in [5.74, 6) is 1.05. The summed E-state index contributed by atoms with van der Waals surface area (Å²) in [4.78, 5) is 10.8. The maximum atomic E-state index is 5.63. The third-order valence-electron chi connectivity index (χ3n) is 13.9. The quantitative estimate of drug-likeness (QED) is 0.162. The van der Waals surface area contributed by atoms with Crippen LogP contribution in [0.1, 0.15) is 156 Å². The van der Waals surface area contributed by atoms with Gasteiger partial charge in [-0.3, -0.25) is 4.90 Å². The molecule has 4 aromatic carbocycles. The van der Waals surface area contributed by atoms with Gasteiger partial charge >= 0.3 is 0 Å².